The minimum absolute atomic E-state index is 0.0464. The van der Waals surface area contributed by atoms with Crippen LogP contribution in [0.5, 0.6) is 5.75 Å². The predicted octanol–water partition coefficient (Wildman–Crippen LogP) is 5.08. The van der Waals surface area contributed by atoms with Crippen molar-refractivity contribution in [2.24, 2.45) is 5.41 Å². The molecular weight excluding hydrogens is 507 g/mol. The molecule has 1 saturated heterocycles. The van der Waals surface area contributed by atoms with Crippen molar-refractivity contribution in [2.75, 3.05) is 25.1 Å². The number of halogens is 2. The monoisotopic (exact) mass is 534 g/mol. The molecule has 1 aliphatic heterocycles. The first-order chi connectivity index (χ1) is 17.3. The Kier molecular flexibility index (Phi) is 7.80. The van der Waals surface area contributed by atoms with Gasteiger partial charge in [0.15, 0.2) is 6.29 Å². The number of rotatable bonds is 10. The summed E-state index contributed by atoms with van der Waals surface area (Å²) in [6.45, 7) is 4.43. The molecule has 1 aliphatic carbocycles. The average Bonchev–Trinajstić information content (AvgIpc) is 3.63. The molecule has 1 heterocycles. The van der Waals surface area contributed by atoms with E-state index >= 15 is 0 Å². The maximum atomic E-state index is 13.6. The molecule has 1 atom stereocenters. The molecule has 2 aliphatic rings. The third-order valence-corrected chi connectivity index (χ3v) is 6.67. The van der Waals surface area contributed by atoms with Gasteiger partial charge in [0.2, 0.25) is 0 Å². The van der Waals surface area contributed by atoms with E-state index in [-0.39, 0.29) is 25.7 Å². The summed E-state index contributed by atoms with van der Waals surface area (Å²) in [6.07, 6.45) is 0.252. The molecule has 0 spiro atoms. The lowest BCUT2D eigenvalue weighted by molar-refractivity contribution is -0.150. The van der Waals surface area contributed by atoms with E-state index in [9.17, 15) is 14.4 Å². The summed E-state index contributed by atoms with van der Waals surface area (Å²) >= 11 is 12.3. The van der Waals surface area contributed by atoms with Gasteiger partial charge < -0.3 is 14.8 Å². The summed E-state index contributed by atoms with van der Waals surface area (Å²) in [7, 11) is 0. The number of ether oxygens (including phenoxy) is 2. The maximum Gasteiger partial charge on any atom is 0.331 e. The number of nitrogens with zero attached hydrogens (tertiary/aromatic N) is 2. The Balaban J connectivity index is 1.58. The number of hydrogen-bond acceptors (Lipinski definition) is 6. The molecule has 2 aromatic rings. The molecule has 9 nitrogen and oxygen atoms in total. The number of amides is 4. The first-order valence-electron chi connectivity index (χ1n) is 11.8. The third-order valence-electron chi connectivity index (χ3n) is 6.12. The van der Waals surface area contributed by atoms with Crippen LogP contribution < -0.4 is 15.4 Å². The quantitative estimate of drug-likeness (QED) is 0.412. The van der Waals surface area contributed by atoms with Gasteiger partial charge in [-0.05, 0) is 62.6 Å². The van der Waals surface area contributed by atoms with Crippen LogP contribution in [0.2, 0.25) is 10.0 Å². The van der Waals surface area contributed by atoms with Crippen molar-refractivity contribution in [3.63, 3.8) is 0 Å². The summed E-state index contributed by atoms with van der Waals surface area (Å²) in [6, 6.07) is 11.1. The van der Waals surface area contributed by atoms with Crippen LogP contribution in [-0.2, 0) is 16.1 Å². The zero-order chi connectivity index (χ0) is 25.9. The topological polar surface area (TPSA) is 100 Å². The predicted molar refractivity (Wildman–Crippen MR) is 136 cm³/mol. The van der Waals surface area contributed by atoms with Gasteiger partial charge in [0.25, 0.3) is 0 Å². The first-order valence-corrected chi connectivity index (χ1v) is 12.5. The van der Waals surface area contributed by atoms with Gasteiger partial charge in [-0.15, -0.1) is 0 Å². The van der Waals surface area contributed by atoms with E-state index in [0.29, 0.717) is 40.9 Å². The van der Waals surface area contributed by atoms with Gasteiger partial charge in [0.05, 0.1) is 30.2 Å². The normalized spacial score (nSPS) is 18.5. The van der Waals surface area contributed by atoms with Gasteiger partial charge >= 0.3 is 18.0 Å². The summed E-state index contributed by atoms with van der Waals surface area (Å²) in [5.74, 6) is 0.144. The van der Waals surface area contributed by atoms with Crippen molar-refractivity contribution in [3.8, 4) is 5.75 Å². The second kappa shape index (κ2) is 10.8. The average molecular weight is 535 g/mol. The second-order valence-electron chi connectivity index (χ2n) is 8.70. The molecule has 192 valence electrons. The van der Waals surface area contributed by atoms with Crippen molar-refractivity contribution in [1.82, 2.24) is 15.1 Å². The fraction of sp³-hybridized carbons (Fsp3) is 0.400. The molecule has 2 fully saturated rings. The van der Waals surface area contributed by atoms with Crippen LogP contribution in [0.4, 0.5) is 15.3 Å². The standard InChI is InChI=1S/C25H28Cl2N4O5/c1-3-35-20-10-9-18(13-19(20)27)28-22-29-23(33)31(15-25(11-12-25)21(32)36-4-2)24(34)30(22)14-16-5-7-17(26)8-6-16/h5-10,13,22,28H,3-4,11-12,14-15H2,1-2H3,(H,29,33). The third kappa shape index (κ3) is 5.63. The highest BCUT2D eigenvalue weighted by Gasteiger charge is 2.55. The number of nitrogens with one attached hydrogen (secondary N) is 2. The number of imide groups is 1. The number of hydrogen-bond donors (Lipinski definition) is 2. The molecule has 36 heavy (non-hydrogen) atoms. The van der Waals surface area contributed by atoms with Gasteiger partial charge in [-0.1, -0.05) is 35.3 Å². The zero-order valence-corrected chi connectivity index (χ0v) is 21.6. The van der Waals surface area contributed by atoms with Crippen molar-refractivity contribution in [1.29, 1.82) is 0 Å². The Bertz CT molecular complexity index is 1140. The van der Waals surface area contributed by atoms with Crippen LogP contribution in [-0.4, -0.2) is 53.9 Å². The van der Waals surface area contributed by atoms with Gasteiger partial charge in [-0.2, -0.15) is 0 Å². The number of carbonyl (C=O) groups is 3. The van der Waals surface area contributed by atoms with Crippen LogP contribution in [0.25, 0.3) is 0 Å². The lowest BCUT2D eigenvalue weighted by Crippen LogP contribution is -2.67. The highest BCUT2D eigenvalue weighted by atomic mass is 35.5. The van der Waals surface area contributed by atoms with Gasteiger partial charge in [-0.3, -0.25) is 15.0 Å². The second-order valence-corrected chi connectivity index (χ2v) is 9.54. The fourth-order valence-electron chi connectivity index (χ4n) is 4.01. The lowest BCUT2D eigenvalue weighted by atomic mass is 10.1. The van der Waals surface area contributed by atoms with Crippen LogP contribution in [0.3, 0.4) is 0 Å². The molecular formula is C25H28Cl2N4O5. The molecule has 1 saturated carbocycles. The summed E-state index contributed by atoms with van der Waals surface area (Å²) in [5.41, 5.74) is 0.547. The van der Waals surface area contributed by atoms with Crippen LogP contribution >= 0.6 is 23.2 Å². The molecule has 1 unspecified atom stereocenters. The molecule has 0 bridgehead atoms. The van der Waals surface area contributed by atoms with E-state index in [1.807, 2.05) is 19.1 Å². The molecule has 0 radical (unpaired) electrons. The van der Waals surface area contributed by atoms with Crippen molar-refractivity contribution in [2.45, 2.75) is 39.5 Å². The Labute approximate surface area is 219 Å². The highest BCUT2D eigenvalue weighted by Crippen LogP contribution is 2.48. The van der Waals surface area contributed by atoms with Crippen LogP contribution in [0, 0.1) is 5.41 Å². The molecule has 4 rings (SSSR count). The largest absolute Gasteiger partial charge is 0.492 e. The van der Waals surface area contributed by atoms with Gasteiger partial charge in [-0.25, -0.2) is 14.5 Å². The molecule has 0 aromatic heterocycles. The number of urea groups is 2. The number of anilines is 1. The van der Waals surface area contributed by atoms with E-state index < -0.39 is 23.8 Å². The Hall–Kier alpha value is -3.17. The zero-order valence-electron chi connectivity index (χ0n) is 20.1. The molecule has 4 amide bonds. The van der Waals surface area contributed by atoms with Gasteiger partial charge in [0, 0.05) is 17.3 Å². The summed E-state index contributed by atoms with van der Waals surface area (Å²) < 4.78 is 10.7. The lowest BCUT2D eigenvalue weighted by Gasteiger charge is -2.42. The fourth-order valence-corrected chi connectivity index (χ4v) is 4.37. The summed E-state index contributed by atoms with van der Waals surface area (Å²) in [5, 5.41) is 6.97. The van der Waals surface area contributed by atoms with Crippen LogP contribution in [0.15, 0.2) is 42.5 Å². The number of carbonyl (C=O) groups excluding carboxylic acids is 3. The van der Waals surface area contributed by atoms with E-state index in [1.54, 1.807) is 37.3 Å². The van der Waals surface area contributed by atoms with E-state index in [1.165, 1.54) is 4.90 Å². The maximum absolute atomic E-state index is 13.6. The number of esters is 1. The minimum atomic E-state index is -0.872. The van der Waals surface area contributed by atoms with Crippen molar-refractivity contribution >= 4 is 46.9 Å². The molecule has 2 N–H and O–H groups in total. The van der Waals surface area contributed by atoms with Crippen molar-refractivity contribution in [3.05, 3.63) is 58.1 Å². The molecule has 11 heteroatoms. The summed E-state index contributed by atoms with van der Waals surface area (Å²) in [4.78, 5) is 41.7. The molecule has 2 aromatic carbocycles. The highest BCUT2D eigenvalue weighted by molar-refractivity contribution is 6.32. The smallest absolute Gasteiger partial charge is 0.331 e. The van der Waals surface area contributed by atoms with Gasteiger partial charge in [0.1, 0.15) is 5.75 Å². The Morgan fingerprint density at radius 3 is 2.44 bits per heavy atom. The first kappa shape index (κ1) is 25.9. The van der Waals surface area contributed by atoms with E-state index in [2.05, 4.69) is 10.6 Å². The Morgan fingerprint density at radius 2 is 1.83 bits per heavy atom. The number of benzene rings is 2. The van der Waals surface area contributed by atoms with E-state index in [0.717, 1.165) is 10.5 Å². The minimum Gasteiger partial charge on any atom is -0.492 e. The Morgan fingerprint density at radius 1 is 1.11 bits per heavy atom. The SMILES string of the molecule is CCOC(=O)C1(CN2C(=O)NC(Nc3ccc(OCC)c(Cl)c3)N(Cc3ccc(Cl)cc3)C2=O)CC1. The van der Waals surface area contributed by atoms with Crippen LogP contribution in [0.1, 0.15) is 32.3 Å². The van der Waals surface area contributed by atoms with E-state index in [4.69, 9.17) is 32.7 Å². The van der Waals surface area contributed by atoms with Crippen molar-refractivity contribution < 1.29 is 23.9 Å².